The molecule has 0 atom stereocenters. The lowest BCUT2D eigenvalue weighted by atomic mass is 10.2. The van der Waals surface area contributed by atoms with Gasteiger partial charge in [-0.15, -0.1) is 0 Å². The second-order valence-electron chi connectivity index (χ2n) is 4.66. The first kappa shape index (κ1) is 14.7. The number of rotatable bonds is 6. The summed E-state index contributed by atoms with van der Waals surface area (Å²) in [5, 5.41) is 4.09. The number of halogens is 1. The SMILES string of the molecule is CCCNc1ccnc(COc2ccc(Cl)c(C)c2)c1. The smallest absolute Gasteiger partial charge is 0.130 e. The van der Waals surface area contributed by atoms with E-state index in [-0.39, 0.29) is 0 Å². The third-order valence-corrected chi connectivity index (χ3v) is 3.34. The number of aryl methyl sites for hydroxylation is 1. The maximum Gasteiger partial charge on any atom is 0.130 e. The highest BCUT2D eigenvalue weighted by Gasteiger charge is 2.01. The van der Waals surface area contributed by atoms with Crippen LogP contribution in [0.1, 0.15) is 24.6 Å². The summed E-state index contributed by atoms with van der Waals surface area (Å²) in [6.07, 6.45) is 2.89. The number of nitrogens with zero attached hydrogens (tertiary/aromatic N) is 1. The van der Waals surface area contributed by atoms with E-state index in [2.05, 4.69) is 17.2 Å². The highest BCUT2D eigenvalue weighted by Crippen LogP contribution is 2.21. The Hall–Kier alpha value is -1.74. The van der Waals surface area contributed by atoms with Gasteiger partial charge < -0.3 is 10.1 Å². The molecule has 106 valence electrons. The Morgan fingerprint density at radius 2 is 2.10 bits per heavy atom. The Labute approximate surface area is 124 Å². The fourth-order valence-electron chi connectivity index (χ4n) is 1.80. The van der Waals surface area contributed by atoms with Crippen LogP contribution in [0.25, 0.3) is 0 Å². The molecule has 0 aliphatic rings. The molecule has 0 unspecified atom stereocenters. The number of aromatic nitrogens is 1. The Bertz CT molecular complexity index is 572. The molecule has 0 radical (unpaired) electrons. The normalized spacial score (nSPS) is 10.3. The summed E-state index contributed by atoms with van der Waals surface area (Å²) in [5.41, 5.74) is 2.99. The van der Waals surface area contributed by atoms with Crippen LogP contribution in [0.4, 0.5) is 5.69 Å². The van der Waals surface area contributed by atoms with E-state index in [1.54, 1.807) is 6.20 Å². The summed E-state index contributed by atoms with van der Waals surface area (Å²) in [6, 6.07) is 9.62. The van der Waals surface area contributed by atoms with Gasteiger partial charge in [-0.3, -0.25) is 4.98 Å². The molecule has 2 aromatic rings. The Morgan fingerprint density at radius 3 is 2.85 bits per heavy atom. The molecule has 1 heterocycles. The van der Waals surface area contributed by atoms with Crippen molar-refractivity contribution >= 4 is 17.3 Å². The van der Waals surface area contributed by atoms with E-state index in [1.807, 2.05) is 37.3 Å². The first-order valence-electron chi connectivity index (χ1n) is 6.77. The van der Waals surface area contributed by atoms with Crippen LogP contribution in [0.3, 0.4) is 0 Å². The molecule has 1 aromatic carbocycles. The quantitative estimate of drug-likeness (QED) is 0.854. The Morgan fingerprint density at radius 1 is 1.25 bits per heavy atom. The standard InChI is InChI=1S/C16H19ClN2O/c1-3-7-18-13-6-8-19-14(10-13)11-20-15-4-5-16(17)12(2)9-15/h4-6,8-10H,3,7,11H2,1-2H3,(H,18,19). The maximum atomic E-state index is 5.99. The number of pyridine rings is 1. The molecule has 0 saturated carbocycles. The molecular formula is C16H19ClN2O. The summed E-state index contributed by atoms with van der Waals surface area (Å²) >= 11 is 5.99. The summed E-state index contributed by atoms with van der Waals surface area (Å²) < 4.78 is 5.74. The molecule has 0 saturated heterocycles. The van der Waals surface area contributed by atoms with Gasteiger partial charge in [0.15, 0.2) is 0 Å². The van der Waals surface area contributed by atoms with Crippen molar-refractivity contribution < 1.29 is 4.74 Å². The van der Waals surface area contributed by atoms with Crippen molar-refractivity contribution in [3.8, 4) is 5.75 Å². The fraction of sp³-hybridized carbons (Fsp3) is 0.312. The zero-order valence-electron chi connectivity index (χ0n) is 11.8. The molecule has 0 amide bonds. The van der Waals surface area contributed by atoms with Gasteiger partial charge in [-0.05, 0) is 49.2 Å². The van der Waals surface area contributed by atoms with Gasteiger partial charge in [-0.1, -0.05) is 18.5 Å². The van der Waals surface area contributed by atoms with Crippen LogP contribution < -0.4 is 10.1 Å². The average molecular weight is 291 g/mol. The number of hydrogen-bond acceptors (Lipinski definition) is 3. The van der Waals surface area contributed by atoms with Crippen LogP contribution in [0.15, 0.2) is 36.5 Å². The zero-order valence-corrected chi connectivity index (χ0v) is 12.6. The van der Waals surface area contributed by atoms with Crippen molar-refractivity contribution in [3.05, 3.63) is 52.8 Å². The molecular weight excluding hydrogens is 272 g/mol. The third kappa shape index (κ3) is 4.14. The molecule has 2 rings (SSSR count). The van der Waals surface area contributed by atoms with Crippen molar-refractivity contribution in [2.24, 2.45) is 0 Å². The summed E-state index contributed by atoms with van der Waals surface area (Å²) in [6.45, 7) is 5.51. The summed E-state index contributed by atoms with van der Waals surface area (Å²) in [5.74, 6) is 0.806. The van der Waals surface area contributed by atoms with E-state index in [0.717, 1.165) is 40.7 Å². The van der Waals surface area contributed by atoms with Crippen LogP contribution in [0, 0.1) is 6.92 Å². The van der Waals surface area contributed by atoms with Crippen LogP contribution in [0.5, 0.6) is 5.75 Å². The molecule has 1 N–H and O–H groups in total. The molecule has 20 heavy (non-hydrogen) atoms. The Kier molecular flexibility index (Phi) is 5.24. The molecule has 0 spiro atoms. The van der Waals surface area contributed by atoms with Crippen molar-refractivity contribution in [2.45, 2.75) is 26.9 Å². The monoisotopic (exact) mass is 290 g/mol. The lowest BCUT2D eigenvalue weighted by molar-refractivity contribution is 0.301. The van der Waals surface area contributed by atoms with Gasteiger partial charge >= 0.3 is 0 Å². The number of anilines is 1. The van der Waals surface area contributed by atoms with Gasteiger partial charge in [0.05, 0.1) is 5.69 Å². The van der Waals surface area contributed by atoms with Crippen LogP contribution in [-0.4, -0.2) is 11.5 Å². The minimum absolute atomic E-state index is 0.447. The zero-order chi connectivity index (χ0) is 14.4. The van der Waals surface area contributed by atoms with E-state index >= 15 is 0 Å². The first-order valence-corrected chi connectivity index (χ1v) is 7.14. The van der Waals surface area contributed by atoms with Gasteiger partial charge in [0, 0.05) is 23.5 Å². The van der Waals surface area contributed by atoms with Crippen molar-refractivity contribution in [3.63, 3.8) is 0 Å². The fourth-order valence-corrected chi connectivity index (χ4v) is 1.92. The molecule has 4 heteroatoms. The predicted molar refractivity (Wildman–Crippen MR) is 83.5 cm³/mol. The third-order valence-electron chi connectivity index (χ3n) is 2.91. The Balaban J connectivity index is 1.97. The van der Waals surface area contributed by atoms with E-state index in [0.29, 0.717) is 6.61 Å². The number of benzene rings is 1. The van der Waals surface area contributed by atoms with Gasteiger partial charge in [0.1, 0.15) is 12.4 Å². The average Bonchev–Trinajstić information content (AvgIpc) is 2.47. The predicted octanol–water partition coefficient (Wildman–Crippen LogP) is 4.44. The van der Waals surface area contributed by atoms with E-state index in [4.69, 9.17) is 16.3 Å². The van der Waals surface area contributed by atoms with Crippen LogP contribution in [-0.2, 0) is 6.61 Å². The largest absolute Gasteiger partial charge is 0.487 e. The number of nitrogens with one attached hydrogen (secondary N) is 1. The molecule has 0 aliphatic carbocycles. The molecule has 0 fully saturated rings. The van der Waals surface area contributed by atoms with E-state index in [1.165, 1.54) is 0 Å². The van der Waals surface area contributed by atoms with Crippen LogP contribution in [0.2, 0.25) is 5.02 Å². The minimum atomic E-state index is 0.447. The summed E-state index contributed by atoms with van der Waals surface area (Å²) in [7, 11) is 0. The highest BCUT2D eigenvalue weighted by atomic mass is 35.5. The van der Waals surface area contributed by atoms with E-state index < -0.39 is 0 Å². The lowest BCUT2D eigenvalue weighted by Crippen LogP contribution is -2.03. The number of hydrogen-bond donors (Lipinski definition) is 1. The van der Waals surface area contributed by atoms with Crippen LogP contribution >= 0.6 is 11.6 Å². The number of ether oxygens (including phenoxy) is 1. The van der Waals surface area contributed by atoms with Gasteiger partial charge in [0.25, 0.3) is 0 Å². The second-order valence-corrected chi connectivity index (χ2v) is 5.07. The maximum absolute atomic E-state index is 5.99. The molecule has 3 nitrogen and oxygen atoms in total. The second kappa shape index (κ2) is 7.15. The lowest BCUT2D eigenvalue weighted by Gasteiger charge is -2.09. The highest BCUT2D eigenvalue weighted by molar-refractivity contribution is 6.31. The molecule has 0 bridgehead atoms. The van der Waals surface area contributed by atoms with Gasteiger partial charge in [-0.2, -0.15) is 0 Å². The van der Waals surface area contributed by atoms with Gasteiger partial charge in [0.2, 0.25) is 0 Å². The van der Waals surface area contributed by atoms with Crippen molar-refractivity contribution in [1.29, 1.82) is 0 Å². The summed E-state index contributed by atoms with van der Waals surface area (Å²) in [4.78, 5) is 4.31. The topological polar surface area (TPSA) is 34.2 Å². The van der Waals surface area contributed by atoms with Crippen molar-refractivity contribution in [2.75, 3.05) is 11.9 Å². The molecule has 0 aliphatic heterocycles. The van der Waals surface area contributed by atoms with Crippen molar-refractivity contribution in [1.82, 2.24) is 4.98 Å². The van der Waals surface area contributed by atoms with Gasteiger partial charge in [-0.25, -0.2) is 0 Å². The first-order chi connectivity index (χ1) is 9.69. The molecule has 1 aromatic heterocycles. The minimum Gasteiger partial charge on any atom is -0.487 e. The van der Waals surface area contributed by atoms with E-state index in [9.17, 15) is 0 Å².